The lowest BCUT2D eigenvalue weighted by Gasteiger charge is -1.80. The average Bonchev–Trinajstić information content (AvgIpc) is 1.61. The summed E-state index contributed by atoms with van der Waals surface area (Å²) in [6.45, 7) is 2.07. The molecule has 6 heavy (non-hydrogen) atoms. The molecule has 0 bridgehead atoms. The second kappa shape index (κ2) is 4.91. The van der Waals surface area contributed by atoms with Crippen LogP contribution < -0.4 is 0 Å². The van der Waals surface area contributed by atoms with Crippen molar-refractivity contribution in [2.45, 2.75) is 6.92 Å². The molecular formula is C5H7S. The van der Waals surface area contributed by atoms with Crippen molar-refractivity contribution in [1.82, 2.24) is 0 Å². The smallest absolute Gasteiger partial charge is 0.0557 e. The summed E-state index contributed by atoms with van der Waals surface area (Å²) >= 11 is 1.71. The fraction of sp³-hybridized carbons (Fsp3) is 0.600. The maximum atomic E-state index is 6.44. The largest absolute Gasteiger partial charge is 0.149 e. The molecular weight excluding hydrogens is 92.1 g/mol. The van der Waals surface area contributed by atoms with E-state index in [0.717, 1.165) is 11.5 Å². The van der Waals surface area contributed by atoms with Crippen LogP contribution in [0.1, 0.15) is 6.92 Å². The van der Waals surface area contributed by atoms with Gasteiger partial charge in [0.2, 0.25) is 0 Å². The molecule has 0 fully saturated rings. The van der Waals surface area contributed by atoms with Gasteiger partial charge in [-0.2, -0.15) is 0 Å². The summed E-state index contributed by atoms with van der Waals surface area (Å²) < 4.78 is 0. The predicted molar refractivity (Wildman–Crippen MR) is 30.1 cm³/mol. The summed E-state index contributed by atoms with van der Waals surface area (Å²) in [5.41, 5.74) is 0. The summed E-state index contributed by atoms with van der Waals surface area (Å²) in [6, 6.07) is 0. The Bertz CT molecular complexity index is 51.4. The van der Waals surface area contributed by atoms with Crippen molar-refractivity contribution in [2.75, 3.05) is 11.5 Å². The zero-order valence-electron chi connectivity index (χ0n) is 3.82. The fourth-order valence-corrected chi connectivity index (χ4v) is 0.459. The molecule has 0 unspecified atom stereocenters. The summed E-state index contributed by atoms with van der Waals surface area (Å²) in [5, 5.41) is 0. The Kier molecular flexibility index (Phi) is 4.84. The molecule has 0 aromatic carbocycles. The molecule has 0 saturated heterocycles. The highest BCUT2D eigenvalue weighted by molar-refractivity contribution is 7.99. The van der Waals surface area contributed by atoms with E-state index in [0.29, 0.717) is 0 Å². The summed E-state index contributed by atoms with van der Waals surface area (Å²) in [5.74, 6) is 4.12. The number of rotatable bonds is 2. The standard InChI is InChI=1S/C5H7S/c1-3-5-6-4-2/h4-5H2,2H3. The predicted octanol–water partition coefficient (Wildman–Crippen LogP) is 1.33. The second-order valence-corrected chi connectivity index (χ2v) is 2.09. The third-order valence-corrected chi connectivity index (χ3v) is 1.14. The summed E-state index contributed by atoms with van der Waals surface area (Å²) in [4.78, 5) is 0. The lowest BCUT2D eigenvalue weighted by Crippen LogP contribution is -1.68. The van der Waals surface area contributed by atoms with Crippen LogP contribution in [0.25, 0.3) is 0 Å². The van der Waals surface area contributed by atoms with Gasteiger partial charge in [-0.3, -0.25) is 0 Å². The third kappa shape index (κ3) is 3.91. The zero-order chi connectivity index (χ0) is 4.83. The fourth-order valence-electron chi connectivity index (χ4n) is 0.153. The maximum Gasteiger partial charge on any atom is 0.0557 e. The minimum absolute atomic E-state index is 0.747. The van der Waals surface area contributed by atoms with Crippen molar-refractivity contribution in [3.8, 4) is 5.92 Å². The van der Waals surface area contributed by atoms with Crippen LogP contribution in [0.2, 0.25) is 0 Å². The molecule has 0 atom stereocenters. The van der Waals surface area contributed by atoms with Crippen LogP contribution in [0, 0.1) is 12.3 Å². The highest BCUT2D eigenvalue weighted by Gasteiger charge is 1.71. The molecule has 0 amide bonds. The quantitative estimate of drug-likeness (QED) is 0.372. The van der Waals surface area contributed by atoms with Gasteiger partial charge in [-0.05, 0) is 12.2 Å². The van der Waals surface area contributed by atoms with Gasteiger partial charge in [0.25, 0.3) is 0 Å². The van der Waals surface area contributed by atoms with Gasteiger partial charge < -0.3 is 0 Å². The minimum atomic E-state index is 0.747. The molecule has 0 aliphatic heterocycles. The summed E-state index contributed by atoms with van der Waals surface area (Å²) in [6.07, 6.45) is 6.44. The van der Waals surface area contributed by atoms with Gasteiger partial charge in [0.15, 0.2) is 0 Å². The molecule has 33 valence electrons. The third-order valence-electron chi connectivity index (χ3n) is 0.378. The molecule has 0 heterocycles. The molecule has 1 heteroatoms. The van der Waals surface area contributed by atoms with E-state index in [9.17, 15) is 0 Å². The molecule has 0 nitrogen and oxygen atoms in total. The SMILES string of the molecule is [C]#CCSCC. The molecule has 0 aliphatic rings. The average molecular weight is 99.2 g/mol. The monoisotopic (exact) mass is 99.0 g/mol. The Labute approximate surface area is 43.3 Å². The van der Waals surface area contributed by atoms with Gasteiger partial charge in [0.1, 0.15) is 0 Å². The first-order chi connectivity index (χ1) is 2.91. The van der Waals surface area contributed by atoms with Crippen molar-refractivity contribution >= 4 is 11.8 Å². The van der Waals surface area contributed by atoms with Crippen LogP contribution >= 0.6 is 11.8 Å². The van der Waals surface area contributed by atoms with Crippen LogP contribution in [0.3, 0.4) is 0 Å². The van der Waals surface area contributed by atoms with E-state index < -0.39 is 0 Å². The minimum Gasteiger partial charge on any atom is -0.149 e. The summed E-state index contributed by atoms with van der Waals surface area (Å²) in [7, 11) is 0. The first-order valence-corrected chi connectivity index (χ1v) is 3.04. The van der Waals surface area contributed by atoms with Gasteiger partial charge in [0, 0.05) is 0 Å². The van der Waals surface area contributed by atoms with E-state index in [2.05, 4.69) is 12.8 Å². The van der Waals surface area contributed by atoms with Crippen molar-refractivity contribution in [3.05, 3.63) is 6.42 Å². The number of hydrogen-bond acceptors (Lipinski definition) is 1. The van der Waals surface area contributed by atoms with E-state index >= 15 is 0 Å². The van der Waals surface area contributed by atoms with Crippen molar-refractivity contribution in [2.24, 2.45) is 0 Å². The Morgan fingerprint density at radius 2 is 2.50 bits per heavy atom. The lowest BCUT2D eigenvalue weighted by molar-refractivity contribution is 1.52. The Balaban J connectivity index is 2.54. The van der Waals surface area contributed by atoms with Gasteiger partial charge >= 0.3 is 0 Å². The van der Waals surface area contributed by atoms with Gasteiger partial charge in [-0.15, -0.1) is 11.8 Å². The Hall–Kier alpha value is -0.0900. The first-order valence-electron chi connectivity index (χ1n) is 1.89. The molecule has 0 N–H and O–H groups in total. The van der Waals surface area contributed by atoms with Crippen LogP contribution in [-0.2, 0) is 0 Å². The van der Waals surface area contributed by atoms with E-state index in [1.807, 2.05) is 0 Å². The van der Waals surface area contributed by atoms with Crippen molar-refractivity contribution < 1.29 is 0 Å². The topological polar surface area (TPSA) is 0 Å². The van der Waals surface area contributed by atoms with Crippen LogP contribution in [0.5, 0.6) is 0 Å². The zero-order valence-corrected chi connectivity index (χ0v) is 4.64. The van der Waals surface area contributed by atoms with Gasteiger partial charge in [-0.25, -0.2) is 0 Å². The van der Waals surface area contributed by atoms with E-state index in [1.165, 1.54) is 0 Å². The molecule has 0 aromatic rings. The van der Waals surface area contributed by atoms with E-state index in [4.69, 9.17) is 6.42 Å². The highest BCUT2D eigenvalue weighted by atomic mass is 32.2. The van der Waals surface area contributed by atoms with Crippen molar-refractivity contribution in [1.29, 1.82) is 0 Å². The molecule has 0 rings (SSSR count). The normalized spacial score (nSPS) is 7.33. The van der Waals surface area contributed by atoms with Gasteiger partial charge in [-0.1, -0.05) is 12.8 Å². The highest BCUT2D eigenvalue weighted by Crippen LogP contribution is 1.93. The Morgan fingerprint density at radius 1 is 1.83 bits per heavy atom. The lowest BCUT2D eigenvalue weighted by atomic mass is 10.8. The molecule has 0 aromatic heterocycles. The number of thioether (sulfide) groups is 1. The first kappa shape index (κ1) is 5.91. The van der Waals surface area contributed by atoms with E-state index in [1.54, 1.807) is 11.8 Å². The maximum absolute atomic E-state index is 6.44. The second-order valence-electron chi connectivity index (χ2n) is 0.814. The Morgan fingerprint density at radius 3 is 2.67 bits per heavy atom. The van der Waals surface area contributed by atoms with Gasteiger partial charge in [0.05, 0.1) is 5.75 Å². The van der Waals surface area contributed by atoms with Crippen LogP contribution in [0.15, 0.2) is 0 Å². The van der Waals surface area contributed by atoms with E-state index in [-0.39, 0.29) is 0 Å². The van der Waals surface area contributed by atoms with Crippen molar-refractivity contribution in [3.63, 3.8) is 0 Å². The van der Waals surface area contributed by atoms with Crippen LogP contribution in [0.4, 0.5) is 0 Å². The molecule has 0 saturated carbocycles. The molecule has 1 radical (unpaired) electrons. The van der Waals surface area contributed by atoms with Crippen LogP contribution in [-0.4, -0.2) is 11.5 Å². The molecule has 0 aliphatic carbocycles. The molecule has 0 spiro atoms. The number of hydrogen-bond donors (Lipinski definition) is 0.